The average Bonchev–Trinajstić information content (AvgIpc) is 3.00. The first kappa shape index (κ1) is 15.1. The Morgan fingerprint density at radius 2 is 2.05 bits per heavy atom. The third-order valence-electron chi connectivity index (χ3n) is 3.88. The van der Waals surface area contributed by atoms with Crippen LogP contribution >= 0.6 is 0 Å². The lowest BCUT2D eigenvalue weighted by Crippen LogP contribution is -2.44. The zero-order valence-electron chi connectivity index (χ0n) is 11.9. The molecule has 1 amide bonds. The normalized spacial score (nSPS) is 23.2. The Balaban J connectivity index is 1.60. The molecule has 2 fully saturated rings. The van der Waals surface area contributed by atoms with Crippen LogP contribution in [0.4, 0.5) is 0 Å². The number of rotatable bonds is 5. The molecule has 1 aliphatic carbocycles. The summed E-state index contributed by atoms with van der Waals surface area (Å²) >= 11 is 0. The second-order valence-electron chi connectivity index (χ2n) is 5.64. The fraction of sp³-hybridized carbons (Fsp3) is 0.571. The van der Waals surface area contributed by atoms with Crippen LogP contribution in [-0.2, 0) is 19.4 Å². The highest BCUT2D eigenvalue weighted by molar-refractivity contribution is 7.91. The standard InChI is InChI=1S/C14H17NO6S/c16-13(8-21-14(17)12-2-1-6-20-12)15(10-3-4-10)11-5-7-22(18,19)9-11/h1-2,6,10-11H,3-5,7-9H2/t11-/m0/s1. The molecule has 120 valence electrons. The molecule has 1 aliphatic heterocycles. The molecular formula is C14H17NO6S. The van der Waals surface area contributed by atoms with Crippen LogP contribution in [0.5, 0.6) is 0 Å². The largest absolute Gasteiger partial charge is 0.457 e. The maximum absolute atomic E-state index is 12.3. The van der Waals surface area contributed by atoms with Gasteiger partial charge in [0.2, 0.25) is 5.76 Å². The Labute approximate surface area is 128 Å². The van der Waals surface area contributed by atoms with E-state index in [4.69, 9.17) is 9.15 Å². The molecule has 1 atom stereocenters. The van der Waals surface area contributed by atoms with Gasteiger partial charge in [-0.1, -0.05) is 0 Å². The minimum atomic E-state index is -3.06. The minimum absolute atomic E-state index is 0.00136. The lowest BCUT2D eigenvalue weighted by atomic mass is 10.2. The molecular weight excluding hydrogens is 310 g/mol. The Hall–Kier alpha value is -1.83. The summed E-state index contributed by atoms with van der Waals surface area (Å²) in [7, 11) is -3.06. The van der Waals surface area contributed by atoms with E-state index < -0.39 is 22.4 Å². The third-order valence-corrected chi connectivity index (χ3v) is 5.63. The zero-order valence-corrected chi connectivity index (χ0v) is 12.8. The van der Waals surface area contributed by atoms with Crippen molar-refractivity contribution < 1.29 is 27.2 Å². The number of carbonyl (C=O) groups is 2. The van der Waals surface area contributed by atoms with E-state index in [2.05, 4.69) is 0 Å². The van der Waals surface area contributed by atoms with Crippen molar-refractivity contribution in [3.05, 3.63) is 24.2 Å². The molecule has 22 heavy (non-hydrogen) atoms. The third kappa shape index (κ3) is 3.32. The molecule has 0 N–H and O–H groups in total. The van der Waals surface area contributed by atoms with E-state index in [1.165, 1.54) is 12.3 Å². The highest BCUT2D eigenvalue weighted by atomic mass is 32.2. The van der Waals surface area contributed by atoms with Crippen molar-refractivity contribution in [2.75, 3.05) is 18.1 Å². The van der Waals surface area contributed by atoms with Gasteiger partial charge in [-0.15, -0.1) is 0 Å². The quantitative estimate of drug-likeness (QED) is 0.736. The van der Waals surface area contributed by atoms with E-state index in [1.807, 2.05) is 0 Å². The number of hydrogen-bond donors (Lipinski definition) is 0. The summed E-state index contributed by atoms with van der Waals surface area (Å²) in [5.41, 5.74) is 0. The molecule has 0 unspecified atom stereocenters. The first-order valence-corrected chi connectivity index (χ1v) is 9.00. The maximum Gasteiger partial charge on any atom is 0.374 e. The van der Waals surface area contributed by atoms with Gasteiger partial charge < -0.3 is 14.1 Å². The van der Waals surface area contributed by atoms with Crippen LogP contribution < -0.4 is 0 Å². The van der Waals surface area contributed by atoms with Crippen molar-refractivity contribution in [1.82, 2.24) is 4.90 Å². The molecule has 1 aromatic rings. The number of furan rings is 1. The number of sulfone groups is 1. The van der Waals surface area contributed by atoms with E-state index in [0.29, 0.717) is 6.42 Å². The summed E-state index contributed by atoms with van der Waals surface area (Å²) in [6.07, 6.45) is 3.54. The second-order valence-corrected chi connectivity index (χ2v) is 7.87. The molecule has 1 saturated heterocycles. The van der Waals surface area contributed by atoms with Gasteiger partial charge >= 0.3 is 5.97 Å². The van der Waals surface area contributed by atoms with Crippen LogP contribution in [0.1, 0.15) is 29.8 Å². The number of esters is 1. The van der Waals surface area contributed by atoms with E-state index in [1.54, 1.807) is 11.0 Å². The van der Waals surface area contributed by atoms with Gasteiger partial charge in [0.25, 0.3) is 5.91 Å². The topological polar surface area (TPSA) is 93.9 Å². The molecule has 1 aromatic heterocycles. The minimum Gasteiger partial charge on any atom is -0.457 e. The summed E-state index contributed by atoms with van der Waals surface area (Å²) in [6.45, 7) is -0.396. The first-order chi connectivity index (χ1) is 10.5. The monoisotopic (exact) mass is 327 g/mol. The van der Waals surface area contributed by atoms with Crippen LogP contribution in [-0.4, -0.2) is 55.4 Å². The van der Waals surface area contributed by atoms with Crippen molar-refractivity contribution >= 4 is 21.7 Å². The van der Waals surface area contributed by atoms with E-state index in [-0.39, 0.29) is 35.3 Å². The van der Waals surface area contributed by atoms with Gasteiger partial charge in [0.15, 0.2) is 16.4 Å². The Morgan fingerprint density at radius 3 is 2.59 bits per heavy atom. The smallest absolute Gasteiger partial charge is 0.374 e. The van der Waals surface area contributed by atoms with Gasteiger partial charge in [-0.25, -0.2) is 13.2 Å². The van der Waals surface area contributed by atoms with Gasteiger partial charge in [-0.2, -0.15) is 0 Å². The van der Waals surface area contributed by atoms with Crippen LogP contribution in [0.3, 0.4) is 0 Å². The molecule has 0 spiro atoms. The summed E-state index contributed by atoms with van der Waals surface area (Å²) in [4.78, 5) is 25.6. The van der Waals surface area contributed by atoms with Gasteiger partial charge in [-0.05, 0) is 31.4 Å². The molecule has 2 aliphatic rings. The van der Waals surface area contributed by atoms with Crippen molar-refractivity contribution in [3.63, 3.8) is 0 Å². The Bertz CT molecular complexity index is 662. The Kier molecular flexibility index (Phi) is 3.94. The molecule has 0 radical (unpaired) electrons. The average molecular weight is 327 g/mol. The molecule has 7 nitrogen and oxygen atoms in total. The fourth-order valence-corrected chi connectivity index (χ4v) is 4.43. The highest BCUT2D eigenvalue weighted by Crippen LogP contribution is 2.32. The van der Waals surface area contributed by atoms with Crippen LogP contribution in [0, 0.1) is 0 Å². The predicted molar refractivity (Wildman–Crippen MR) is 75.9 cm³/mol. The van der Waals surface area contributed by atoms with Gasteiger partial charge in [0.1, 0.15) is 0 Å². The lowest BCUT2D eigenvalue weighted by molar-refractivity contribution is -0.137. The van der Waals surface area contributed by atoms with Crippen LogP contribution in [0.25, 0.3) is 0 Å². The van der Waals surface area contributed by atoms with Crippen molar-refractivity contribution in [1.29, 1.82) is 0 Å². The number of ether oxygens (including phenoxy) is 1. The van der Waals surface area contributed by atoms with Crippen LogP contribution in [0.2, 0.25) is 0 Å². The van der Waals surface area contributed by atoms with Gasteiger partial charge in [0.05, 0.1) is 17.8 Å². The number of nitrogens with zero attached hydrogens (tertiary/aromatic N) is 1. The Morgan fingerprint density at radius 1 is 1.27 bits per heavy atom. The van der Waals surface area contributed by atoms with E-state index in [0.717, 1.165) is 12.8 Å². The number of amides is 1. The van der Waals surface area contributed by atoms with Crippen LogP contribution in [0.15, 0.2) is 22.8 Å². The van der Waals surface area contributed by atoms with Gasteiger partial charge in [-0.3, -0.25) is 4.79 Å². The first-order valence-electron chi connectivity index (χ1n) is 7.18. The highest BCUT2D eigenvalue weighted by Gasteiger charge is 2.42. The molecule has 2 heterocycles. The second kappa shape index (κ2) is 5.75. The van der Waals surface area contributed by atoms with E-state index >= 15 is 0 Å². The number of hydrogen-bond acceptors (Lipinski definition) is 6. The predicted octanol–water partition coefficient (Wildman–Crippen LogP) is 0.614. The number of carbonyl (C=O) groups excluding carboxylic acids is 2. The summed E-state index contributed by atoms with van der Waals surface area (Å²) in [6, 6.07) is 2.79. The fourth-order valence-electron chi connectivity index (χ4n) is 2.72. The summed E-state index contributed by atoms with van der Waals surface area (Å²) in [5.74, 6) is -0.895. The molecule has 8 heteroatoms. The summed E-state index contributed by atoms with van der Waals surface area (Å²) in [5, 5.41) is 0. The van der Waals surface area contributed by atoms with Gasteiger partial charge in [0, 0.05) is 12.1 Å². The van der Waals surface area contributed by atoms with Crippen molar-refractivity contribution in [2.24, 2.45) is 0 Å². The summed E-state index contributed by atoms with van der Waals surface area (Å²) < 4.78 is 33.0. The molecule has 0 aromatic carbocycles. The molecule has 1 saturated carbocycles. The molecule has 3 rings (SSSR count). The van der Waals surface area contributed by atoms with E-state index in [9.17, 15) is 18.0 Å². The van der Waals surface area contributed by atoms with Crippen molar-refractivity contribution in [3.8, 4) is 0 Å². The van der Waals surface area contributed by atoms with Crippen molar-refractivity contribution in [2.45, 2.75) is 31.3 Å². The molecule has 0 bridgehead atoms. The SMILES string of the molecule is O=C(OCC(=O)N(C1CC1)[C@H]1CCS(=O)(=O)C1)c1ccco1. The lowest BCUT2D eigenvalue weighted by Gasteiger charge is -2.28. The zero-order chi connectivity index (χ0) is 15.7. The maximum atomic E-state index is 12.3.